The minimum absolute atomic E-state index is 0.0757. The van der Waals surface area contributed by atoms with E-state index in [0.717, 1.165) is 18.4 Å². The van der Waals surface area contributed by atoms with Crippen LogP contribution in [-0.2, 0) is 0 Å². The molecule has 2 rings (SSSR count). The Morgan fingerprint density at radius 1 is 1.40 bits per heavy atom. The van der Waals surface area contributed by atoms with Crippen LogP contribution in [-0.4, -0.2) is 25.0 Å². The van der Waals surface area contributed by atoms with Crippen LogP contribution in [0.2, 0.25) is 0 Å². The van der Waals surface area contributed by atoms with Crippen molar-refractivity contribution in [3.8, 4) is 5.75 Å². The van der Waals surface area contributed by atoms with Gasteiger partial charge in [0.1, 0.15) is 0 Å². The smallest absolute Gasteiger partial charge is 0.194 e. The summed E-state index contributed by atoms with van der Waals surface area (Å²) in [6.07, 6.45) is 0.925. The first-order valence-electron chi connectivity index (χ1n) is 6.97. The Bertz CT molecular complexity index is 586. The number of benzene rings is 1. The van der Waals surface area contributed by atoms with Gasteiger partial charge in [-0.2, -0.15) is 0 Å². The molecule has 0 spiro atoms. The molecule has 0 bridgehead atoms. The average Bonchev–Trinajstić information content (AvgIpc) is 2.83. The fraction of sp³-hybridized carbons (Fsp3) is 0.438. The molecular weight excluding hydrogens is 254 g/mol. The Morgan fingerprint density at radius 3 is 2.90 bits per heavy atom. The first-order valence-corrected chi connectivity index (χ1v) is 6.97. The second-order valence-corrected chi connectivity index (χ2v) is 5.15. The highest BCUT2D eigenvalue weighted by Crippen LogP contribution is 2.28. The van der Waals surface area contributed by atoms with E-state index in [1.807, 2.05) is 18.2 Å². The Kier molecular flexibility index (Phi) is 4.79. The normalized spacial score (nSPS) is 11.2. The maximum atomic E-state index is 11.3. The quantitative estimate of drug-likeness (QED) is 0.621. The predicted octanol–water partition coefficient (Wildman–Crippen LogP) is 3.40. The van der Waals surface area contributed by atoms with Crippen molar-refractivity contribution in [2.45, 2.75) is 33.2 Å². The molecule has 0 amide bonds. The number of hydrogen-bond acceptors (Lipinski definition) is 4. The van der Waals surface area contributed by atoms with E-state index in [0.29, 0.717) is 29.7 Å². The van der Waals surface area contributed by atoms with Crippen molar-refractivity contribution in [1.82, 2.24) is 5.32 Å². The van der Waals surface area contributed by atoms with Crippen LogP contribution < -0.4 is 10.1 Å². The summed E-state index contributed by atoms with van der Waals surface area (Å²) in [5.41, 5.74) is 0.648. The maximum Gasteiger partial charge on any atom is 0.194 e. The number of ketones is 1. The summed E-state index contributed by atoms with van der Waals surface area (Å²) in [6.45, 7) is 7.27. The molecule has 108 valence electrons. The van der Waals surface area contributed by atoms with E-state index >= 15 is 0 Å². The van der Waals surface area contributed by atoms with Gasteiger partial charge in [-0.3, -0.25) is 4.79 Å². The minimum Gasteiger partial charge on any atom is -0.490 e. The Balaban J connectivity index is 2.01. The van der Waals surface area contributed by atoms with Gasteiger partial charge >= 0.3 is 0 Å². The van der Waals surface area contributed by atoms with Crippen LogP contribution in [0.3, 0.4) is 0 Å². The van der Waals surface area contributed by atoms with Crippen LogP contribution in [0.15, 0.2) is 28.7 Å². The second-order valence-electron chi connectivity index (χ2n) is 5.15. The van der Waals surface area contributed by atoms with Crippen LogP contribution >= 0.6 is 0 Å². The van der Waals surface area contributed by atoms with Gasteiger partial charge in [0.2, 0.25) is 0 Å². The maximum absolute atomic E-state index is 11.3. The van der Waals surface area contributed by atoms with Crippen LogP contribution in [0.5, 0.6) is 5.75 Å². The molecule has 2 aromatic rings. The Morgan fingerprint density at radius 2 is 2.20 bits per heavy atom. The second kappa shape index (κ2) is 6.57. The molecule has 0 saturated carbocycles. The Hall–Kier alpha value is -1.81. The number of nitrogens with one attached hydrogen (secondary N) is 1. The van der Waals surface area contributed by atoms with Crippen LogP contribution in [0.25, 0.3) is 11.0 Å². The van der Waals surface area contributed by atoms with E-state index in [1.54, 1.807) is 6.07 Å². The van der Waals surface area contributed by atoms with E-state index < -0.39 is 0 Å². The van der Waals surface area contributed by atoms with Crippen molar-refractivity contribution >= 4 is 16.8 Å². The average molecular weight is 275 g/mol. The van der Waals surface area contributed by atoms with Crippen molar-refractivity contribution in [3.63, 3.8) is 0 Å². The van der Waals surface area contributed by atoms with E-state index in [1.165, 1.54) is 6.92 Å². The van der Waals surface area contributed by atoms with Crippen LogP contribution in [0, 0.1) is 0 Å². The Labute approximate surface area is 119 Å². The van der Waals surface area contributed by atoms with Crippen molar-refractivity contribution in [3.05, 3.63) is 30.0 Å². The number of rotatable bonds is 7. The van der Waals surface area contributed by atoms with Crippen molar-refractivity contribution in [2.24, 2.45) is 0 Å². The third-order valence-corrected chi connectivity index (χ3v) is 2.99. The number of ether oxygens (including phenoxy) is 1. The molecule has 1 N–H and O–H groups in total. The van der Waals surface area contributed by atoms with Gasteiger partial charge in [-0.05, 0) is 25.1 Å². The molecule has 0 saturated heterocycles. The first-order chi connectivity index (χ1) is 9.58. The minimum atomic E-state index is -0.0757. The van der Waals surface area contributed by atoms with Gasteiger partial charge in [0, 0.05) is 18.4 Å². The van der Waals surface area contributed by atoms with Gasteiger partial charge in [0.25, 0.3) is 0 Å². The van der Waals surface area contributed by atoms with Gasteiger partial charge in [0.05, 0.1) is 6.61 Å². The fourth-order valence-electron chi connectivity index (χ4n) is 1.97. The number of para-hydroxylation sites is 1. The molecule has 4 heteroatoms. The van der Waals surface area contributed by atoms with Crippen molar-refractivity contribution < 1.29 is 13.9 Å². The predicted molar refractivity (Wildman–Crippen MR) is 79.5 cm³/mol. The molecule has 4 nitrogen and oxygen atoms in total. The zero-order valence-corrected chi connectivity index (χ0v) is 12.2. The molecule has 1 aromatic carbocycles. The molecule has 0 unspecified atom stereocenters. The highest BCUT2D eigenvalue weighted by atomic mass is 16.5. The first kappa shape index (κ1) is 14.6. The zero-order chi connectivity index (χ0) is 14.5. The van der Waals surface area contributed by atoms with Crippen LogP contribution in [0.1, 0.15) is 37.7 Å². The lowest BCUT2D eigenvalue weighted by Crippen LogP contribution is -2.24. The third-order valence-electron chi connectivity index (χ3n) is 2.99. The molecule has 0 aliphatic carbocycles. The molecule has 0 radical (unpaired) electrons. The third kappa shape index (κ3) is 3.61. The van der Waals surface area contributed by atoms with Gasteiger partial charge in [-0.15, -0.1) is 0 Å². The number of furan rings is 1. The SMILES string of the molecule is CC(=O)c1cc2cccc(OCCCNC(C)C)c2o1. The summed E-state index contributed by atoms with van der Waals surface area (Å²) in [5, 5.41) is 4.24. The largest absolute Gasteiger partial charge is 0.490 e. The summed E-state index contributed by atoms with van der Waals surface area (Å²) in [4.78, 5) is 11.3. The topological polar surface area (TPSA) is 51.5 Å². The van der Waals surface area contributed by atoms with Gasteiger partial charge in [0.15, 0.2) is 22.9 Å². The number of carbonyl (C=O) groups is 1. The van der Waals surface area contributed by atoms with Gasteiger partial charge in [-0.1, -0.05) is 26.0 Å². The molecule has 0 aliphatic heterocycles. The molecule has 0 atom stereocenters. The van der Waals surface area contributed by atoms with E-state index in [2.05, 4.69) is 19.2 Å². The van der Waals surface area contributed by atoms with E-state index in [-0.39, 0.29) is 5.78 Å². The van der Waals surface area contributed by atoms with Gasteiger partial charge < -0.3 is 14.5 Å². The molecular formula is C16H21NO3. The lowest BCUT2D eigenvalue weighted by atomic mass is 10.2. The van der Waals surface area contributed by atoms with Gasteiger partial charge in [-0.25, -0.2) is 0 Å². The standard InChI is InChI=1S/C16H21NO3/c1-11(2)17-8-5-9-19-14-7-4-6-13-10-15(12(3)18)20-16(13)14/h4,6-7,10-11,17H,5,8-9H2,1-3H3. The van der Waals surface area contributed by atoms with Crippen LogP contribution in [0.4, 0.5) is 0 Å². The summed E-state index contributed by atoms with van der Waals surface area (Å²) < 4.78 is 11.3. The monoisotopic (exact) mass is 275 g/mol. The van der Waals surface area contributed by atoms with Crippen molar-refractivity contribution in [1.29, 1.82) is 0 Å². The van der Waals surface area contributed by atoms with E-state index in [4.69, 9.17) is 9.15 Å². The summed E-state index contributed by atoms with van der Waals surface area (Å²) >= 11 is 0. The number of carbonyl (C=O) groups excluding carboxylic acids is 1. The van der Waals surface area contributed by atoms with Crippen molar-refractivity contribution in [2.75, 3.05) is 13.2 Å². The highest BCUT2D eigenvalue weighted by molar-refractivity contribution is 5.97. The molecule has 0 aliphatic rings. The summed E-state index contributed by atoms with van der Waals surface area (Å²) in [7, 11) is 0. The highest BCUT2D eigenvalue weighted by Gasteiger charge is 2.11. The number of fused-ring (bicyclic) bond motifs is 1. The fourth-order valence-corrected chi connectivity index (χ4v) is 1.97. The summed E-state index contributed by atoms with van der Waals surface area (Å²) in [5.74, 6) is 0.991. The number of Topliss-reactive ketones (excluding diaryl/α,β-unsaturated/α-hetero) is 1. The number of hydrogen-bond donors (Lipinski definition) is 1. The molecule has 1 heterocycles. The zero-order valence-electron chi connectivity index (χ0n) is 12.2. The lowest BCUT2D eigenvalue weighted by molar-refractivity contribution is 0.0989. The van der Waals surface area contributed by atoms with E-state index in [9.17, 15) is 4.79 Å². The molecule has 1 aromatic heterocycles. The molecule has 20 heavy (non-hydrogen) atoms. The molecule has 0 fully saturated rings. The summed E-state index contributed by atoms with van der Waals surface area (Å²) in [6, 6.07) is 7.93. The lowest BCUT2D eigenvalue weighted by Gasteiger charge is -2.09.